The number of hydrogen-bond acceptors (Lipinski definition) is 4. The van der Waals surface area contributed by atoms with Crippen molar-refractivity contribution >= 4 is 10.0 Å². The second-order valence-corrected chi connectivity index (χ2v) is 8.10. The first-order chi connectivity index (χ1) is 10.5. The van der Waals surface area contributed by atoms with E-state index in [2.05, 4.69) is 6.07 Å². The number of ether oxygens (including phenoxy) is 2. The molecule has 3 rings (SSSR count). The molecule has 0 radical (unpaired) electrons. The van der Waals surface area contributed by atoms with Crippen LogP contribution in [-0.4, -0.2) is 45.3 Å². The number of hydrogen-bond donors (Lipinski definition) is 0. The number of sulfonamides is 1. The Balaban J connectivity index is 1.82. The summed E-state index contributed by atoms with van der Waals surface area (Å²) in [6.45, 7) is 3.77. The summed E-state index contributed by atoms with van der Waals surface area (Å²) in [7, 11) is -1.49. The Morgan fingerprint density at radius 2 is 2.00 bits per heavy atom. The molecule has 2 heterocycles. The normalized spacial score (nSPS) is 16.3. The molecule has 0 aliphatic carbocycles. The van der Waals surface area contributed by atoms with Gasteiger partial charge in [-0.3, -0.25) is 0 Å². The first-order valence-corrected chi connectivity index (χ1v) is 9.51. The average Bonchev–Trinajstić information content (AvgIpc) is 3.11. The zero-order valence-electron chi connectivity index (χ0n) is 13.2. The summed E-state index contributed by atoms with van der Waals surface area (Å²) < 4.78 is 37.1. The van der Waals surface area contributed by atoms with Crippen molar-refractivity contribution in [3.05, 3.63) is 22.8 Å². The van der Waals surface area contributed by atoms with Gasteiger partial charge in [0.2, 0.25) is 10.0 Å². The smallest absolute Gasteiger partial charge is 0.213 e. The summed E-state index contributed by atoms with van der Waals surface area (Å²) in [5, 5.41) is 0. The predicted octanol–water partition coefficient (Wildman–Crippen LogP) is 1.77. The van der Waals surface area contributed by atoms with Crippen LogP contribution in [0.15, 0.2) is 6.07 Å². The van der Waals surface area contributed by atoms with Crippen LogP contribution in [0.5, 0.6) is 11.5 Å². The van der Waals surface area contributed by atoms with Crippen molar-refractivity contribution in [1.29, 1.82) is 0 Å². The molecule has 22 heavy (non-hydrogen) atoms. The second-order valence-electron chi connectivity index (χ2n) is 5.90. The summed E-state index contributed by atoms with van der Waals surface area (Å²) in [5.41, 5.74) is 3.53. The van der Waals surface area contributed by atoms with Gasteiger partial charge in [0.15, 0.2) is 0 Å². The van der Waals surface area contributed by atoms with Gasteiger partial charge in [-0.2, -0.15) is 0 Å². The first kappa shape index (κ1) is 15.6. The van der Waals surface area contributed by atoms with Crippen molar-refractivity contribution in [2.75, 3.05) is 32.6 Å². The highest BCUT2D eigenvalue weighted by Crippen LogP contribution is 2.40. The largest absolute Gasteiger partial charge is 0.493 e. The van der Waals surface area contributed by atoms with Crippen LogP contribution in [0.3, 0.4) is 0 Å². The van der Waals surface area contributed by atoms with Gasteiger partial charge >= 0.3 is 0 Å². The molecule has 0 unspecified atom stereocenters. The number of nitrogens with zero attached hydrogens (tertiary/aromatic N) is 1. The Kier molecular flexibility index (Phi) is 4.32. The predicted molar refractivity (Wildman–Crippen MR) is 85.3 cm³/mol. The lowest BCUT2D eigenvalue weighted by atomic mass is 9.97. The third-order valence-corrected chi connectivity index (χ3v) is 6.43. The zero-order chi connectivity index (χ0) is 15.7. The van der Waals surface area contributed by atoms with Crippen molar-refractivity contribution in [1.82, 2.24) is 4.31 Å². The van der Waals surface area contributed by atoms with Gasteiger partial charge in [0.05, 0.1) is 19.0 Å². The molecule has 2 aliphatic rings. The van der Waals surface area contributed by atoms with Crippen molar-refractivity contribution in [2.24, 2.45) is 0 Å². The fraction of sp³-hybridized carbons (Fsp3) is 0.625. The van der Waals surface area contributed by atoms with Crippen molar-refractivity contribution < 1.29 is 17.9 Å². The molecule has 0 atom stereocenters. The van der Waals surface area contributed by atoms with E-state index in [1.54, 1.807) is 7.05 Å². The average molecular weight is 325 g/mol. The van der Waals surface area contributed by atoms with E-state index in [9.17, 15) is 8.42 Å². The van der Waals surface area contributed by atoms with Gasteiger partial charge in [-0.05, 0) is 18.9 Å². The molecule has 0 amide bonds. The minimum absolute atomic E-state index is 0.202. The van der Waals surface area contributed by atoms with Crippen LogP contribution in [-0.2, 0) is 29.3 Å². The van der Waals surface area contributed by atoms with Gasteiger partial charge in [-0.25, -0.2) is 12.7 Å². The molecule has 0 fully saturated rings. The molecule has 5 nitrogen and oxygen atoms in total. The number of likely N-dealkylation sites (N-methyl/N-ethyl adjacent to an activating group) is 1. The Morgan fingerprint density at radius 1 is 1.23 bits per heavy atom. The monoisotopic (exact) mass is 325 g/mol. The van der Waals surface area contributed by atoms with Crippen LogP contribution < -0.4 is 9.47 Å². The SMILES string of the molecule is CCCS(=O)(=O)N(C)CCc1c2c(cc3c1OCC3)OCC2. The second kappa shape index (κ2) is 6.08. The number of rotatable bonds is 6. The van der Waals surface area contributed by atoms with Crippen LogP contribution in [0, 0.1) is 0 Å². The molecule has 0 saturated carbocycles. The van der Waals surface area contributed by atoms with Crippen molar-refractivity contribution in [3.63, 3.8) is 0 Å². The summed E-state index contributed by atoms with van der Waals surface area (Å²) in [6.07, 6.45) is 3.10. The molecule has 2 aliphatic heterocycles. The lowest BCUT2D eigenvalue weighted by molar-refractivity contribution is 0.351. The van der Waals surface area contributed by atoms with Crippen molar-refractivity contribution in [3.8, 4) is 11.5 Å². The quantitative estimate of drug-likeness (QED) is 0.800. The van der Waals surface area contributed by atoms with Gasteiger partial charge in [-0.1, -0.05) is 6.92 Å². The topological polar surface area (TPSA) is 55.8 Å². The van der Waals surface area contributed by atoms with E-state index in [-0.39, 0.29) is 5.75 Å². The Labute approximate surface area is 132 Å². The van der Waals surface area contributed by atoms with E-state index in [0.717, 1.165) is 29.9 Å². The first-order valence-electron chi connectivity index (χ1n) is 7.90. The zero-order valence-corrected chi connectivity index (χ0v) is 14.0. The van der Waals surface area contributed by atoms with Gasteiger partial charge in [-0.15, -0.1) is 0 Å². The minimum atomic E-state index is -3.15. The molecule has 0 N–H and O–H groups in total. The third kappa shape index (κ3) is 2.82. The molecular formula is C16H23NO4S. The molecule has 6 heteroatoms. The van der Waals surface area contributed by atoms with E-state index >= 15 is 0 Å². The summed E-state index contributed by atoms with van der Waals surface area (Å²) in [5.74, 6) is 2.12. The lowest BCUT2D eigenvalue weighted by Crippen LogP contribution is -2.31. The summed E-state index contributed by atoms with van der Waals surface area (Å²) in [4.78, 5) is 0. The van der Waals surface area contributed by atoms with E-state index in [4.69, 9.17) is 9.47 Å². The van der Waals surface area contributed by atoms with Gasteiger partial charge in [0.25, 0.3) is 0 Å². The molecule has 1 aromatic carbocycles. The minimum Gasteiger partial charge on any atom is -0.493 e. The van der Waals surface area contributed by atoms with Gasteiger partial charge < -0.3 is 9.47 Å². The maximum absolute atomic E-state index is 12.1. The van der Waals surface area contributed by atoms with Crippen LogP contribution in [0.25, 0.3) is 0 Å². The molecule has 0 spiro atoms. The number of fused-ring (bicyclic) bond motifs is 2. The van der Waals surface area contributed by atoms with E-state index in [1.165, 1.54) is 15.4 Å². The lowest BCUT2D eigenvalue weighted by Gasteiger charge is -2.19. The Morgan fingerprint density at radius 3 is 2.77 bits per heavy atom. The van der Waals surface area contributed by atoms with Crippen LogP contribution in [0.4, 0.5) is 0 Å². The molecule has 122 valence electrons. The molecule has 0 bridgehead atoms. The third-order valence-electron chi connectivity index (χ3n) is 4.37. The highest BCUT2D eigenvalue weighted by molar-refractivity contribution is 7.89. The summed E-state index contributed by atoms with van der Waals surface area (Å²) in [6, 6.07) is 2.09. The van der Waals surface area contributed by atoms with Crippen LogP contribution in [0.1, 0.15) is 30.0 Å². The highest BCUT2D eigenvalue weighted by Gasteiger charge is 2.27. The van der Waals surface area contributed by atoms with E-state index < -0.39 is 10.0 Å². The van der Waals surface area contributed by atoms with E-state index in [1.807, 2.05) is 6.92 Å². The molecule has 0 aromatic heterocycles. The molecule has 1 aromatic rings. The van der Waals surface area contributed by atoms with Gasteiger partial charge in [0, 0.05) is 43.1 Å². The molecular weight excluding hydrogens is 302 g/mol. The number of benzene rings is 1. The maximum atomic E-state index is 12.1. The van der Waals surface area contributed by atoms with E-state index in [0.29, 0.717) is 32.6 Å². The fourth-order valence-corrected chi connectivity index (χ4v) is 4.37. The maximum Gasteiger partial charge on any atom is 0.213 e. The molecule has 0 saturated heterocycles. The van der Waals surface area contributed by atoms with Crippen LogP contribution in [0.2, 0.25) is 0 Å². The van der Waals surface area contributed by atoms with Crippen LogP contribution >= 0.6 is 0 Å². The highest BCUT2D eigenvalue weighted by atomic mass is 32.2. The summed E-state index contributed by atoms with van der Waals surface area (Å²) >= 11 is 0. The van der Waals surface area contributed by atoms with Gasteiger partial charge in [0.1, 0.15) is 11.5 Å². The standard InChI is InChI=1S/C16H23NO4S/c1-3-10-22(18,19)17(2)7-4-14-13-6-9-20-15(13)11-12-5-8-21-16(12)14/h11H,3-10H2,1-2H3. The fourth-order valence-electron chi connectivity index (χ4n) is 3.17. The Hall–Kier alpha value is -1.27. The Bertz CT molecular complexity index is 637. The van der Waals surface area contributed by atoms with Crippen molar-refractivity contribution in [2.45, 2.75) is 32.6 Å².